The van der Waals surface area contributed by atoms with Crippen molar-refractivity contribution in [3.05, 3.63) is 28.2 Å². The Morgan fingerprint density at radius 1 is 1.19 bits per heavy atom. The van der Waals surface area contributed by atoms with E-state index in [9.17, 15) is 9.59 Å². The lowest BCUT2D eigenvalue weighted by Crippen LogP contribution is -2.34. The number of amides is 2. The largest absolute Gasteiger partial charge is 0.492 e. The van der Waals surface area contributed by atoms with E-state index in [4.69, 9.17) is 10.00 Å². The van der Waals surface area contributed by atoms with E-state index in [0.717, 1.165) is 10.2 Å². The second-order valence-electron chi connectivity index (χ2n) is 6.88. The van der Waals surface area contributed by atoms with Gasteiger partial charge in [0.15, 0.2) is 0 Å². The number of carbonyl (C=O) groups excluding carboxylic acids is 2. The van der Waals surface area contributed by atoms with E-state index in [1.807, 2.05) is 12.1 Å². The first-order valence-corrected chi connectivity index (χ1v) is 9.36. The molecule has 7 heteroatoms. The Balaban J connectivity index is 2.23. The summed E-state index contributed by atoms with van der Waals surface area (Å²) in [5, 5.41) is 13.6. The number of ether oxygens (including phenoxy) is 1. The molecule has 0 spiro atoms. The fourth-order valence-electron chi connectivity index (χ4n) is 2.13. The highest BCUT2D eigenvalue weighted by Crippen LogP contribution is 2.31. The summed E-state index contributed by atoms with van der Waals surface area (Å²) in [6.45, 7) is 7.57. The maximum absolute atomic E-state index is 11.7. The quantitative estimate of drug-likeness (QED) is 0.597. The number of carbonyl (C=O) groups is 2. The number of halogens is 1. The molecule has 0 bridgehead atoms. The highest BCUT2D eigenvalue weighted by atomic mass is 79.9. The molecule has 1 aromatic carbocycles. The third kappa shape index (κ3) is 8.34. The van der Waals surface area contributed by atoms with Crippen LogP contribution in [0, 0.1) is 11.3 Å². The van der Waals surface area contributed by atoms with E-state index in [2.05, 4.69) is 53.4 Å². The van der Waals surface area contributed by atoms with Gasteiger partial charge in [-0.25, -0.2) is 0 Å². The fourth-order valence-corrected chi connectivity index (χ4v) is 2.62. The van der Waals surface area contributed by atoms with Gasteiger partial charge >= 0.3 is 0 Å². The first kappa shape index (κ1) is 22.0. The van der Waals surface area contributed by atoms with E-state index < -0.39 is 0 Å². The second-order valence-corrected chi connectivity index (χ2v) is 7.74. The number of nitrogens with one attached hydrogen (secondary N) is 2. The van der Waals surface area contributed by atoms with Crippen LogP contribution >= 0.6 is 15.9 Å². The maximum atomic E-state index is 11.7. The minimum absolute atomic E-state index is 0.0766. The average Bonchev–Trinajstić information content (AvgIpc) is 2.56. The van der Waals surface area contributed by atoms with Gasteiger partial charge in [0, 0.05) is 19.5 Å². The third-order valence-corrected chi connectivity index (χ3v) is 4.23. The summed E-state index contributed by atoms with van der Waals surface area (Å²) in [4.78, 5) is 22.8. The number of nitriles is 1. The zero-order valence-corrected chi connectivity index (χ0v) is 17.1. The molecule has 0 aliphatic heterocycles. The molecule has 1 rings (SSSR count). The topological polar surface area (TPSA) is 91.2 Å². The molecule has 142 valence electrons. The summed E-state index contributed by atoms with van der Waals surface area (Å²) in [5.74, 6) is 0.335. The third-order valence-electron chi connectivity index (χ3n) is 3.61. The normalized spacial score (nSPS) is 10.7. The van der Waals surface area contributed by atoms with Crippen LogP contribution in [0.25, 0.3) is 0 Å². The molecule has 0 fully saturated rings. The molecule has 2 N–H and O–H groups in total. The highest BCUT2D eigenvalue weighted by molar-refractivity contribution is 9.10. The van der Waals surface area contributed by atoms with Gasteiger partial charge in [0.05, 0.1) is 17.1 Å². The van der Waals surface area contributed by atoms with Crippen LogP contribution in [-0.4, -0.2) is 31.5 Å². The zero-order valence-electron chi connectivity index (χ0n) is 15.5. The van der Waals surface area contributed by atoms with Crippen molar-refractivity contribution in [2.45, 2.75) is 45.4 Å². The molecule has 6 nitrogen and oxygen atoms in total. The van der Waals surface area contributed by atoms with Gasteiger partial charge in [0.25, 0.3) is 0 Å². The van der Waals surface area contributed by atoms with Gasteiger partial charge in [0.2, 0.25) is 11.8 Å². The Kier molecular flexibility index (Phi) is 9.14. The first-order chi connectivity index (χ1) is 12.2. The van der Waals surface area contributed by atoms with Crippen LogP contribution in [0.2, 0.25) is 0 Å². The van der Waals surface area contributed by atoms with Gasteiger partial charge < -0.3 is 15.4 Å². The Labute approximate surface area is 163 Å². The summed E-state index contributed by atoms with van der Waals surface area (Å²) in [6, 6.07) is 7.81. The number of hydrogen-bond acceptors (Lipinski definition) is 4. The molecule has 0 unspecified atom stereocenters. The van der Waals surface area contributed by atoms with Crippen LogP contribution in [0.1, 0.15) is 45.6 Å². The van der Waals surface area contributed by atoms with Crippen LogP contribution in [0.5, 0.6) is 5.75 Å². The van der Waals surface area contributed by atoms with Crippen molar-refractivity contribution in [2.24, 2.45) is 0 Å². The first-order valence-electron chi connectivity index (χ1n) is 8.57. The van der Waals surface area contributed by atoms with Crippen LogP contribution in [0.15, 0.2) is 22.7 Å². The van der Waals surface area contributed by atoms with Crippen LogP contribution in [0.4, 0.5) is 0 Å². The molecule has 0 heterocycles. The number of nitrogens with zero attached hydrogens (tertiary/aromatic N) is 1. The Morgan fingerprint density at radius 3 is 2.42 bits per heavy atom. The van der Waals surface area contributed by atoms with E-state index >= 15 is 0 Å². The summed E-state index contributed by atoms with van der Waals surface area (Å²) >= 11 is 3.53. The summed E-state index contributed by atoms with van der Waals surface area (Å²) in [7, 11) is 0. The molecular formula is C19H26BrN3O3. The molecule has 0 atom stereocenters. The maximum Gasteiger partial charge on any atom is 0.234 e. The molecule has 26 heavy (non-hydrogen) atoms. The van der Waals surface area contributed by atoms with E-state index in [1.54, 1.807) is 6.07 Å². The SMILES string of the molecule is CC(C)(C)c1ccc(OCCCC(=O)NCCNC(=O)CC#N)c(Br)c1. The Morgan fingerprint density at radius 2 is 1.85 bits per heavy atom. The predicted molar refractivity (Wildman–Crippen MR) is 104 cm³/mol. The molecule has 0 aliphatic carbocycles. The molecule has 2 amide bonds. The van der Waals surface area contributed by atoms with Crippen molar-refractivity contribution >= 4 is 27.7 Å². The fraction of sp³-hybridized carbons (Fsp3) is 0.526. The summed E-state index contributed by atoms with van der Waals surface area (Å²) < 4.78 is 6.63. The Bertz CT molecular complexity index is 663. The minimum Gasteiger partial charge on any atom is -0.492 e. The highest BCUT2D eigenvalue weighted by Gasteiger charge is 2.15. The smallest absolute Gasteiger partial charge is 0.234 e. The lowest BCUT2D eigenvalue weighted by atomic mass is 9.87. The lowest BCUT2D eigenvalue weighted by molar-refractivity contribution is -0.122. The molecule has 1 aromatic rings. The van der Waals surface area contributed by atoms with Gasteiger partial charge in [0.1, 0.15) is 12.2 Å². The van der Waals surface area contributed by atoms with Gasteiger partial charge in [-0.05, 0) is 45.5 Å². The minimum atomic E-state index is -0.335. The lowest BCUT2D eigenvalue weighted by Gasteiger charge is -2.20. The van der Waals surface area contributed by atoms with Crippen molar-refractivity contribution < 1.29 is 14.3 Å². The number of rotatable bonds is 9. The zero-order chi connectivity index (χ0) is 19.6. The number of benzene rings is 1. The summed E-state index contributed by atoms with van der Waals surface area (Å²) in [6.07, 6.45) is 0.779. The number of hydrogen-bond donors (Lipinski definition) is 2. The van der Waals surface area contributed by atoms with Gasteiger partial charge in [-0.2, -0.15) is 5.26 Å². The molecule has 0 saturated carbocycles. The van der Waals surface area contributed by atoms with Crippen LogP contribution in [-0.2, 0) is 15.0 Å². The molecule has 0 saturated heterocycles. The van der Waals surface area contributed by atoms with E-state index in [1.165, 1.54) is 5.56 Å². The van der Waals surface area contributed by atoms with Crippen LogP contribution in [0.3, 0.4) is 0 Å². The second kappa shape index (κ2) is 10.8. The van der Waals surface area contributed by atoms with E-state index in [0.29, 0.717) is 32.5 Å². The van der Waals surface area contributed by atoms with Crippen molar-refractivity contribution in [1.82, 2.24) is 10.6 Å². The van der Waals surface area contributed by atoms with Gasteiger partial charge in [-0.1, -0.05) is 26.8 Å². The van der Waals surface area contributed by atoms with E-state index in [-0.39, 0.29) is 23.7 Å². The van der Waals surface area contributed by atoms with Gasteiger partial charge in [-0.15, -0.1) is 0 Å². The Hall–Kier alpha value is -2.07. The molecule has 0 aromatic heterocycles. The predicted octanol–water partition coefficient (Wildman–Crippen LogP) is 3.05. The molecular weight excluding hydrogens is 398 g/mol. The van der Waals surface area contributed by atoms with Gasteiger partial charge in [-0.3, -0.25) is 9.59 Å². The van der Waals surface area contributed by atoms with Crippen molar-refractivity contribution in [3.8, 4) is 11.8 Å². The standard InChI is InChI=1S/C19H26BrN3O3/c1-19(2,3)14-6-7-16(15(20)13-14)26-12-4-5-17(24)22-10-11-23-18(25)8-9-21/h6-7,13H,4-5,8,10-12H2,1-3H3,(H,22,24)(H,23,25). The monoisotopic (exact) mass is 423 g/mol. The van der Waals surface area contributed by atoms with Crippen molar-refractivity contribution in [2.75, 3.05) is 19.7 Å². The molecule has 0 aliphatic rings. The average molecular weight is 424 g/mol. The van der Waals surface area contributed by atoms with Crippen molar-refractivity contribution in [1.29, 1.82) is 5.26 Å². The molecule has 0 radical (unpaired) electrons. The van der Waals surface area contributed by atoms with Crippen molar-refractivity contribution in [3.63, 3.8) is 0 Å². The van der Waals surface area contributed by atoms with Crippen LogP contribution < -0.4 is 15.4 Å². The summed E-state index contributed by atoms with van der Waals surface area (Å²) in [5.41, 5.74) is 1.30.